The van der Waals surface area contributed by atoms with Crippen molar-refractivity contribution in [3.8, 4) is 0 Å². The van der Waals surface area contributed by atoms with Crippen molar-refractivity contribution >= 4 is 23.0 Å². The highest BCUT2D eigenvalue weighted by atomic mass is 32.1. The zero-order valence-electron chi connectivity index (χ0n) is 15.5. The number of amides is 1. The minimum Gasteiger partial charge on any atom is -0.337 e. The first-order valence-electron chi connectivity index (χ1n) is 9.19. The van der Waals surface area contributed by atoms with Gasteiger partial charge in [0.25, 0.3) is 5.91 Å². The molecule has 0 unspecified atom stereocenters. The first kappa shape index (κ1) is 18.8. The van der Waals surface area contributed by atoms with E-state index in [-0.39, 0.29) is 17.7 Å². The second kappa shape index (κ2) is 8.60. The molecule has 1 saturated heterocycles. The standard InChI is InChI=1S/C21H26N2O2S/c1-16(24)19-10-11-20(26-19)21(25)22(2)18-9-6-13-23(15-18)14-12-17-7-4-3-5-8-17/h3-5,7-8,10-11,18H,6,9,12-15H2,1-2H3/t18-/m1/s1. The summed E-state index contributed by atoms with van der Waals surface area (Å²) in [6.07, 6.45) is 3.19. The van der Waals surface area contributed by atoms with Crippen LogP contribution in [0.25, 0.3) is 0 Å². The molecule has 0 bridgehead atoms. The molecule has 1 aromatic heterocycles. The predicted molar refractivity (Wildman–Crippen MR) is 106 cm³/mol. The van der Waals surface area contributed by atoms with Crippen molar-refractivity contribution in [3.63, 3.8) is 0 Å². The zero-order chi connectivity index (χ0) is 18.5. The Hall–Kier alpha value is -1.98. The summed E-state index contributed by atoms with van der Waals surface area (Å²) in [7, 11) is 1.89. The maximum atomic E-state index is 12.8. The Bertz CT molecular complexity index is 756. The highest BCUT2D eigenvalue weighted by Crippen LogP contribution is 2.22. The van der Waals surface area contributed by atoms with Crippen LogP contribution in [0.5, 0.6) is 0 Å². The van der Waals surface area contributed by atoms with Gasteiger partial charge >= 0.3 is 0 Å². The molecule has 138 valence electrons. The fourth-order valence-electron chi connectivity index (χ4n) is 3.46. The van der Waals surface area contributed by atoms with Gasteiger partial charge in [0.1, 0.15) is 0 Å². The minimum atomic E-state index is 0.0152. The highest BCUT2D eigenvalue weighted by molar-refractivity contribution is 7.15. The molecule has 26 heavy (non-hydrogen) atoms. The third-order valence-electron chi connectivity index (χ3n) is 5.07. The Morgan fingerprint density at radius 1 is 1.15 bits per heavy atom. The molecule has 0 spiro atoms. The van der Waals surface area contributed by atoms with Crippen LogP contribution in [0.15, 0.2) is 42.5 Å². The van der Waals surface area contributed by atoms with E-state index in [0.29, 0.717) is 9.75 Å². The topological polar surface area (TPSA) is 40.6 Å². The number of thiophene rings is 1. The van der Waals surface area contributed by atoms with Gasteiger partial charge in [0.15, 0.2) is 5.78 Å². The number of carbonyl (C=O) groups excluding carboxylic acids is 2. The number of ketones is 1. The van der Waals surface area contributed by atoms with Crippen LogP contribution in [0.3, 0.4) is 0 Å². The average Bonchev–Trinajstić information content (AvgIpc) is 3.17. The summed E-state index contributed by atoms with van der Waals surface area (Å²) in [6.45, 7) is 4.57. The van der Waals surface area contributed by atoms with E-state index in [1.165, 1.54) is 23.8 Å². The van der Waals surface area contributed by atoms with Gasteiger partial charge in [-0.3, -0.25) is 9.59 Å². The molecule has 0 saturated carbocycles. The third-order valence-corrected chi connectivity index (χ3v) is 6.25. The Morgan fingerprint density at radius 2 is 1.88 bits per heavy atom. The Labute approximate surface area is 159 Å². The van der Waals surface area contributed by atoms with Crippen LogP contribution in [0, 0.1) is 0 Å². The van der Waals surface area contributed by atoms with Crippen molar-refractivity contribution in [1.29, 1.82) is 0 Å². The molecule has 0 aliphatic carbocycles. The van der Waals surface area contributed by atoms with Gasteiger partial charge in [-0.15, -0.1) is 11.3 Å². The lowest BCUT2D eigenvalue weighted by Crippen LogP contribution is -2.48. The Balaban J connectivity index is 1.57. The van der Waals surface area contributed by atoms with Crippen molar-refractivity contribution in [2.45, 2.75) is 32.2 Å². The SMILES string of the molecule is CC(=O)c1ccc(C(=O)N(C)[C@@H]2CCCN(CCc3ccccc3)C2)s1. The smallest absolute Gasteiger partial charge is 0.263 e. The molecule has 1 aliphatic rings. The van der Waals surface area contributed by atoms with Gasteiger partial charge in [-0.05, 0) is 50.4 Å². The molecule has 2 heterocycles. The van der Waals surface area contributed by atoms with Crippen LogP contribution in [0.1, 0.15) is 44.7 Å². The maximum absolute atomic E-state index is 12.8. The first-order valence-corrected chi connectivity index (χ1v) is 10.0. The summed E-state index contributed by atoms with van der Waals surface area (Å²) >= 11 is 1.30. The Kier molecular flexibility index (Phi) is 6.22. The molecular formula is C21H26N2O2S. The van der Waals surface area contributed by atoms with Gasteiger partial charge in [0.05, 0.1) is 9.75 Å². The van der Waals surface area contributed by atoms with Crippen LogP contribution in [0.4, 0.5) is 0 Å². The maximum Gasteiger partial charge on any atom is 0.263 e. The second-order valence-corrected chi connectivity index (χ2v) is 8.05. The second-order valence-electron chi connectivity index (χ2n) is 6.97. The van der Waals surface area contributed by atoms with E-state index in [4.69, 9.17) is 0 Å². The van der Waals surface area contributed by atoms with Gasteiger partial charge in [-0.2, -0.15) is 0 Å². The summed E-state index contributed by atoms with van der Waals surface area (Å²) in [5.74, 6) is 0.0406. The predicted octanol–water partition coefficient (Wildman–Crippen LogP) is 3.73. The summed E-state index contributed by atoms with van der Waals surface area (Å²) in [5, 5.41) is 0. The van der Waals surface area contributed by atoms with E-state index in [1.807, 2.05) is 18.0 Å². The summed E-state index contributed by atoms with van der Waals surface area (Å²) in [4.78, 5) is 29.9. The van der Waals surface area contributed by atoms with Crippen LogP contribution < -0.4 is 0 Å². The molecule has 0 radical (unpaired) electrons. The zero-order valence-corrected chi connectivity index (χ0v) is 16.3. The van der Waals surface area contributed by atoms with Crippen molar-refractivity contribution in [3.05, 3.63) is 57.8 Å². The molecule has 1 fully saturated rings. The van der Waals surface area contributed by atoms with Crippen LogP contribution in [-0.2, 0) is 6.42 Å². The first-order chi connectivity index (χ1) is 12.5. The molecule has 5 heteroatoms. The third kappa shape index (κ3) is 4.59. The normalized spacial score (nSPS) is 17.8. The number of rotatable bonds is 6. The van der Waals surface area contributed by atoms with Crippen molar-refractivity contribution in [1.82, 2.24) is 9.80 Å². The van der Waals surface area contributed by atoms with Crippen molar-refractivity contribution in [2.75, 3.05) is 26.7 Å². The van der Waals surface area contributed by atoms with E-state index in [2.05, 4.69) is 29.2 Å². The van der Waals surface area contributed by atoms with Gasteiger partial charge < -0.3 is 9.80 Å². The number of hydrogen-bond acceptors (Lipinski definition) is 4. The molecule has 4 nitrogen and oxygen atoms in total. The van der Waals surface area contributed by atoms with Gasteiger partial charge in [0, 0.05) is 26.2 Å². The monoisotopic (exact) mass is 370 g/mol. The summed E-state index contributed by atoms with van der Waals surface area (Å²) < 4.78 is 0. The highest BCUT2D eigenvalue weighted by Gasteiger charge is 2.27. The Morgan fingerprint density at radius 3 is 2.58 bits per heavy atom. The molecule has 2 aromatic rings. The van der Waals surface area contributed by atoms with E-state index < -0.39 is 0 Å². The van der Waals surface area contributed by atoms with Crippen LogP contribution >= 0.6 is 11.3 Å². The lowest BCUT2D eigenvalue weighted by Gasteiger charge is -2.37. The summed E-state index contributed by atoms with van der Waals surface area (Å²) in [5.41, 5.74) is 1.36. The average molecular weight is 371 g/mol. The van der Waals surface area contributed by atoms with Gasteiger partial charge in [0.2, 0.25) is 0 Å². The number of likely N-dealkylation sites (tertiary alicyclic amines) is 1. The number of benzene rings is 1. The van der Waals surface area contributed by atoms with E-state index in [1.54, 1.807) is 12.1 Å². The van der Waals surface area contributed by atoms with E-state index in [9.17, 15) is 9.59 Å². The number of nitrogens with zero attached hydrogens (tertiary/aromatic N) is 2. The molecule has 1 amide bonds. The van der Waals surface area contributed by atoms with E-state index in [0.717, 1.165) is 38.9 Å². The molecule has 3 rings (SSSR count). The molecule has 1 aromatic carbocycles. The fraction of sp³-hybridized carbons (Fsp3) is 0.429. The van der Waals surface area contributed by atoms with Crippen LogP contribution in [0.2, 0.25) is 0 Å². The van der Waals surface area contributed by atoms with Gasteiger partial charge in [-0.1, -0.05) is 30.3 Å². The minimum absolute atomic E-state index is 0.0152. The molecule has 0 N–H and O–H groups in total. The van der Waals surface area contributed by atoms with Gasteiger partial charge in [-0.25, -0.2) is 0 Å². The van der Waals surface area contributed by atoms with Crippen molar-refractivity contribution < 1.29 is 9.59 Å². The molecule has 1 atom stereocenters. The number of likely N-dealkylation sites (N-methyl/N-ethyl adjacent to an activating group) is 1. The number of Topliss-reactive ketones (excluding diaryl/α,β-unsaturated/α-hetero) is 1. The molecular weight excluding hydrogens is 344 g/mol. The van der Waals surface area contributed by atoms with Crippen molar-refractivity contribution in [2.24, 2.45) is 0 Å². The number of piperidine rings is 1. The van der Waals surface area contributed by atoms with E-state index >= 15 is 0 Å². The number of carbonyl (C=O) groups is 2. The fourth-order valence-corrected chi connectivity index (χ4v) is 4.35. The lowest BCUT2D eigenvalue weighted by molar-refractivity contribution is 0.0624. The number of hydrogen-bond donors (Lipinski definition) is 0. The quantitative estimate of drug-likeness (QED) is 0.728. The molecule has 1 aliphatic heterocycles. The van der Waals surface area contributed by atoms with Crippen LogP contribution in [-0.4, -0.2) is 54.2 Å². The largest absolute Gasteiger partial charge is 0.337 e. The summed E-state index contributed by atoms with van der Waals surface area (Å²) in [6, 6.07) is 14.3. The lowest BCUT2D eigenvalue weighted by atomic mass is 10.0.